The second kappa shape index (κ2) is 6.23. The van der Waals surface area contributed by atoms with E-state index in [9.17, 15) is 18.0 Å². The van der Waals surface area contributed by atoms with Gasteiger partial charge in [0.1, 0.15) is 0 Å². The number of nitrogens with one attached hydrogen (secondary N) is 2. The van der Waals surface area contributed by atoms with Crippen LogP contribution in [0.1, 0.15) is 13.3 Å². The SMILES string of the molecule is CCCNc1ccc(S(=O)(=O)N2CC(=O)NC(=O)C2)cc1. The third-order valence-corrected chi connectivity index (χ3v) is 4.80. The Labute approximate surface area is 123 Å². The Morgan fingerprint density at radius 1 is 1.14 bits per heavy atom. The average molecular weight is 311 g/mol. The number of benzene rings is 1. The highest BCUT2D eigenvalue weighted by Crippen LogP contribution is 2.19. The van der Waals surface area contributed by atoms with Gasteiger partial charge < -0.3 is 5.32 Å². The summed E-state index contributed by atoms with van der Waals surface area (Å²) in [5.74, 6) is -1.23. The van der Waals surface area contributed by atoms with Crippen molar-refractivity contribution >= 4 is 27.5 Å². The molecule has 1 aromatic rings. The Morgan fingerprint density at radius 2 is 1.71 bits per heavy atom. The third kappa shape index (κ3) is 3.59. The van der Waals surface area contributed by atoms with Gasteiger partial charge in [-0.3, -0.25) is 14.9 Å². The molecule has 21 heavy (non-hydrogen) atoms. The van der Waals surface area contributed by atoms with E-state index in [0.29, 0.717) is 0 Å². The van der Waals surface area contributed by atoms with Crippen molar-refractivity contribution in [3.8, 4) is 0 Å². The second-order valence-corrected chi connectivity index (χ2v) is 6.63. The summed E-state index contributed by atoms with van der Waals surface area (Å²) in [6.07, 6.45) is 0.963. The van der Waals surface area contributed by atoms with E-state index < -0.39 is 21.8 Å². The van der Waals surface area contributed by atoms with Crippen LogP contribution in [0.5, 0.6) is 0 Å². The molecule has 2 rings (SSSR count). The largest absolute Gasteiger partial charge is 0.385 e. The summed E-state index contributed by atoms with van der Waals surface area (Å²) in [4.78, 5) is 22.6. The number of hydrogen-bond donors (Lipinski definition) is 2. The molecule has 1 aliphatic heterocycles. The fourth-order valence-corrected chi connectivity index (χ4v) is 3.30. The highest BCUT2D eigenvalue weighted by Gasteiger charge is 2.32. The summed E-state index contributed by atoms with van der Waals surface area (Å²) in [6.45, 7) is 2.14. The van der Waals surface area contributed by atoms with Gasteiger partial charge in [0, 0.05) is 12.2 Å². The predicted octanol–water partition coefficient (Wildman–Crippen LogP) is 0.156. The van der Waals surface area contributed by atoms with Crippen molar-refractivity contribution in [1.82, 2.24) is 9.62 Å². The lowest BCUT2D eigenvalue weighted by atomic mass is 10.3. The average Bonchev–Trinajstić information content (AvgIpc) is 2.44. The van der Waals surface area contributed by atoms with Crippen LogP contribution in [-0.4, -0.2) is 44.2 Å². The van der Waals surface area contributed by atoms with Crippen molar-refractivity contribution in [1.29, 1.82) is 0 Å². The van der Waals surface area contributed by atoms with Crippen LogP contribution < -0.4 is 10.6 Å². The van der Waals surface area contributed by atoms with Gasteiger partial charge in [-0.2, -0.15) is 4.31 Å². The molecule has 8 heteroatoms. The minimum Gasteiger partial charge on any atom is -0.385 e. The number of carbonyl (C=O) groups is 2. The van der Waals surface area contributed by atoms with Crippen LogP contribution in [0.3, 0.4) is 0 Å². The molecule has 0 atom stereocenters. The van der Waals surface area contributed by atoms with Crippen LogP contribution in [0.4, 0.5) is 5.69 Å². The number of rotatable bonds is 5. The molecule has 0 aliphatic carbocycles. The molecular weight excluding hydrogens is 294 g/mol. The van der Waals surface area contributed by atoms with Crippen LogP contribution in [0.2, 0.25) is 0 Å². The number of hydrogen-bond acceptors (Lipinski definition) is 5. The van der Waals surface area contributed by atoms with E-state index in [4.69, 9.17) is 0 Å². The van der Waals surface area contributed by atoms with E-state index in [0.717, 1.165) is 23.0 Å². The molecule has 0 bridgehead atoms. The molecule has 0 unspecified atom stereocenters. The number of piperazine rings is 1. The number of sulfonamides is 1. The molecule has 1 fully saturated rings. The smallest absolute Gasteiger partial charge is 0.244 e. The Bertz CT molecular complexity index is 624. The lowest BCUT2D eigenvalue weighted by molar-refractivity contribution is -0.134. The van der Waals surface area contributed by atoms with Crippen molar-refractivity contribution in [2.24, 2.45) is 0 Å². The summed E-state index contributed by atoms with van der Waals surface area (Å²) >= 11 is 0. The molecule has 0 aromatic heterocycles. The van der Waals surface area contributed by atoms with Crippen LogP contribution in [0.15, 0.2) is 29.2 Å². The molecule has 2 amide bonds. The molecule has 0 radical (unpaired) electrons. The van der Waals surface area contributed by atoms with Crippen LogP contribution >= 0.6 is 0 Å². The highest BCUT2D eigenvalue weighted by molar-refractivity contribution is 7.89. The summed E-state index contributed by atoms with van der Waals surface area (Å²) < 4.78 is 25.6. The Hall–Kier alpha value is -1.93. The Kier molecular flexibility index (Phi) is 4.59. The maximum absolute atomic E-state index is 12.4. The minimum atomic E-state index is -3.84. The first-order valence-electron chi connectivity index (χ1n) is 6.60. The number of nitrogens with zero attached hydrogens (tertiary/aromatic N) is 1. The van der Waals surface area contributed by atoms with Gasteiger partial charge in [-0.15, -0.1) is 0 Å². The molecule has 1 aliphatic rings. The van der Waals surface area contributed by atoms with E-state index in [1.807, 2.05) is 6.92 Å². The van der Waals surface area contributed by atoms with Gasteiger partial charge in [-0.1, -0.05) is 6.92 Å². The molecule has 7 nitrogen and oxygen atoms in total. The molecular formula is C13H17N3O4S. The lowest BCUT2D eigenvalue weighted by Crippen LogP contribution is -2.53. The van der Waals surface area contributed by atoms with E-state index in [1.54, 1.807) is 12.1 Å². The maximum Gasteiger partial charge on any atom is 0.244 e. The van der Waals surface area contributed by atoms with E-state index in [-0.39, 0.29) is 18.0 Å². The number of amides is 2. The fraction of sp³-hybridized carbons (Fsp3) is 0.385. The third-order valence-electron chi connectivity index (χ3n) is 2.99. The number of imide groups is 1. The van der Waals surface area contributed by atoms with E-state index >= 15 is 0 Å². The second-order valence-electron chi connectivity index (χ2n) is 4.70. The summed E-state index contributed by atoms with van der Waals surface area (Å²) in [6, 6.07) is 6.25. The highest BCUT2D eigenvalue weighted by atomic mass is 32.2. The zero-order chi connectivity index (χ0) is 15.5. The summed E-state index contributed by atoms with van der Waals surface area (Å²) in [5, 5.41) is 5.21. The van der Waals surface area contributed by atoms with E-state index in [1.165, 1.54) is 12.1 Å². The van der Waals surface area contributed by atoms with Crippen molar-refractivity contribution in [2.75, 3.05) is 25.0 Å². The van der Waals surface area contributed by atoms with Gasteiger partial charge in [0.25, 0.3) is 0 Å². The molecule has 1 aromatic carbocycles. The first kappa shape index (κ1) is 15.5. The molecule has 1 heterocycles. The zero-order valence-electron chi connectivity index (χ0n) is 11.6. The molecule has 114 valence electrons. The van der Waals surface area contributed by atoms with Gasteiger partial charge in [0.05, 0.1) is 18.0 Å². The Balaban J connectivity index is 2.19. The minimum absolute atomic E-state index is 0.0621. The molecule has 0 saturated carbocycles. The molecule has 1 saturated heterocycles. The predicted molar refractivity (Wildman–Crippen MR) is 77.1 cm³/mol. The van der Waals surface area contributed by atoms with Gasteiger partial charge in [-0.05, 0) is 30.7 Å². The van der Waals surface area contributed by atoms with Gasteiger partial charge in [0.2, 0.25) is 21.8 Å². The fourth-order valence-electron chi connectivity index (χ4n) is 1.94. The lowest BCUT2D eigenvalue weighted by Gasteiger charge is -2.24. The van der Waals surface area contributed by atoms with Gasteiger partial charge in [-0.25, -0.2) is 8.42 Å². The summed E-state index contributed by atoms with van der Waals surface area (Å²) in [5.41, 5.74) is 0.822. The van der Waals surface area contributed by atoms with Crippen LogP contribution in [-0.2, 0) is 19.6 Å². The van der Waals surface area contributed by atoms with Crippen molar-refractivity contribution in [3.63, 3.8) is 0 Å². The first-order chi connectivity index (χ1) is 9.93. The van der Waals surface area contributed by atoms with Crippen molar-refractivity contribution < 1.29 is 18.0 Å². The molecule has 0 spiro atoms. The topological polar surface area (TPSA) is 95.6 Å². The van der Waals surface area contributed by atoms with E-state index in [2.05, 4.69) is 10.6 Å². The van der Waals surface area contributed by atoms with Crippen molar-refractivity contribution in [3.05, 3.63) is 24.3 Å². The van der Waals surface area contributed by atoms with Crippen LogP contribution in [0.25, 0.3) is 0 Å². The van der Waals surface area contributed by atoms with Gasteiger partial charge in [0.15, 0.2) is 0 Å². The number of carbonyl (C=O) groups excluding carboxylic acids is 2. The Morgan fingerprint density at radius 3 is 2.24 bits per heavy atom. The standard InChI is InChI=1S/C13H17N3O4S/c1-2-7-14-10-3-5-11(6-4-10)21(19,20)16-8-12(17)15-13(18)9-16/h3-6,14H,2,7-9H2,1H3,(H,15,17,18). The summed E-state index contributed by atoms with van der Waals surface area (Å²) in [7, 11) is -3.84. The van der Waals surface area contributed by atoms with Crippen molar-refractivity contribution in [2.45, 2.75) is 18.2 Å². The normalized spacial score (nSPS) is 16.6. The monoisotopic (exact) mass is 311 g/mol. The zero-order valence-corrected chi connectivity index (χ0v) is 12.4. The maximum atomic E-state index is 12.4. The molecule has 2 N–H and O–H groups in total. The van der Waals surface area contributed by atoms with Crippen LogP contribution in [0, 0.1) is 0 Å². The first-order valence-corrected chi connectivity index (χ1v) is 8.04. The number of anilines is 1. The van der Waals surface area contributed by atoms with Gasteiger partial charge >= 0.3 is 0 Å². The quantitative estimate of drug-likeness (QED) is 0.755.